The quantitative estimate of drug-likeness (QED) is 0.799. The summed E-state index contributed by atoms with van der Waals surface area (Å²) in [5.74, 6) is 2.97. The van der Waals surface area contributed by atoms with Crippen LogP contribution in [0.25, 0.3) is 5.65 Å². The maximum atomic E-state index is 9.39. The zero-order chi connectivity index (χ0) is 15.9. The van der Waals surface area contributed by atoms with Crippen LogP contribution < -0.4 is 5.32 Å². The Bertz CT molecular complexity index is 660. The second-order valence-electron chi connectivity index (χ2n) is 5.19. The number of thioether (sulfide) groups is 2. The van der Waals surface area contributed by atoms with Gasteiger partial charge in [0.1, 0.15) is 17.5 Å². The van der Waals surface area contributed by atoms with Crippen LogP contribution in [-0.2, 0) is 6.42 Å². The van der Waals surface area contributed by atoms with E-state index in [0.29, 0.717) is 0 Å². The number of anilines is 1. The van der Waals surface area contributed by atoms with Crippen molar-refractivity contribution in [1.29, 1.82) is 5.26 Å². The molecule has 118 valence electrons. The molecule has 2 rings (SSSR count). The summed E-state index contributed by atoms with van der Waals surface area (Å²) in [4.78, 5) is 4.73. The largest absolute Gasteiger partial charge is 0.354 e. The number of rotatable bonds is 8. The van der Waals surface area contributed by atoms with Crippen LogP contribution in [0.5, 0.6) is 0 Å². The Morgan fingerprint density at radius 2 is 2.09 bits per heavy atom. The lowest BCUT2D eigenvalue weighted by atomic mass is 10.2. The monoisotopic (exact) mass is 334 g/mol. The van der Waals surface area contributed by atoms with E-state index in [2.05, 4.69) is 47.5 Å². The van der Waals surface area contributed by atoms with Crippen molar-refractivity contribution in [3.63, 3.8) is 0 Å². The van der Waals surface area contributed by atoms with Gasteiger partial charge in [0.05, 0.1) is 11.8 Å². The van der Waals surface area contributed by atoms with Gasteiger partial charge in [-0.05, 0) is 49.0 Å². The van der Waals surface area contributed by atoms with Crippen molar-refractivity contribution < 1.29 is 0 Å². The fourth-order valence-electron chi connectivity index (χ4n) is 2.30. The van der Waals surface area contributed by atoms with Gasteiger partial charge in [-0.15, -0.1) is 0 Å². The average molecular weight is 335 g/mol. The van der Waals surface area contributed by atoms with Crippen LogP contribution in [-0.4, -0.2) is 39.4 Å². The first-order chi connectivity index (χ1) is 10.7. The SMILES string of the molecule is CSCCc1nc2ccc(C)cn2c1NC(C#N)CCSC. The molecule has 0 aliphatic rings. The number of aryl methyl sites for hydroxylation is 2. The molecular weight excluding hydrogens is 312 g/mol. The van der Waals surface area contributed by atoms with Crippen LogP contribution in [0.15, 0.2) is 18.3 Å². The van der Waals surface area contributed by atoms with E-state index in [-0.39, 0.29) is 6.04 Å². The van der Waals surface area contributed by atoms with E-state index < -0.39 is 0 Å². The summed E-state index contributed by atoms with van der Waals surface area (Å²) in [6, 6.07) is 6.29. The highest BCUT2D eigenvalue weighted by atomic mass is 32.2. The molecule has 0 bridgehead atoms. The molecule has 0 radical (unpaired) electrons. The number of nitrogens with zero attached hydrogens (tertiary/aromatic N) is 3. The second-order valence-corrected chi connectivity index (χ2v) is 7.16. The van der Waals surface area contributed by atoms with Crippen molar-refractivity contribution >= 4 is 35.0 Å². The van der Waals surface area contributed by atoms with Crippen LogP contribution in [0.2, 0.25) is 0 Å². The molecule has 4 nitrogen and oxygen atoms in total. The molecule has 1 unspecified atom stereocenters. The lowest BCUT2D eigenvalue weighted by Gasteiger charge is -2.14. The van der Waals surface area contributed by atoms with E-state index >= 15 is 0 Å². The lowest BCUT2D eigenvalue weighted by Crippen LogP contribution is -2.20. The normalized spacial score (nSPS) is 12.3. The molecule has 0 fully saturated rings. The minimum absolute atomic E-state index is 0.180. The van der Waals surface area contributed by atoms with Crippen molar-refractivity contribution in [2.24, 2.45) is 0 Å². The van der Waals surface area contributed by atoms with Crippen molar-refractivity contribution in [1.82, 2.24) is 9.38 Å². The highest BCUT2D eigenvalue weighted by Gasteiger charge is 2.16. The Kier molecular flexibility index (Phi) is 6.47. The first-order valence-electron chi connectivity index (χ1n) is 7.31. The highest BCUT2D eigenvalue weighted by molar-refractivity contribution is 7.98. The van der Waals surface area contributed by atoms with Crippen molar-refractivity contribution in [2.45, 2.75) is 25.8 Å². The Morgan fingerprint density at radius 3 is 2.77 bits per heavy atom. The fraction of sp³-hybridized carbons (Fsp3) is 0.500. The lowest BCUT2D eigenvalue weighted by molar-refractivity contribution is 0.841. The Morgan fingerprint density at radius 1 is 1.32 bits per heavy atom. The molecule has 1 atom stereocenters. The number of nitrogens with one attached hydrogen (secondary N) is 1. The molecule has 0 spiro atoms. The van der Waals surface area contributed by atoms with Gasteiger partial charge >= 0.3 is 0 Å². The zero-order valence-electron chi connectivity index (χ0n) is 13.3. The first kappa shape index (κ1) is 17.0. The molecule has 0 amide bonds. The van der Waals surface area contributed by atoms with Crippen LogP contribution >= 0.6 is 23.5 Å². The minimum Gasteiger partial charge on any atom is -0.354 e. The van der Waals surface area contributed by atoms with Gasteiger partial charge < -0.3 is 5.32 Å². The predicted octanol–water partition coefficient (Wildman–Crippen LogP) is 3.61. The predicted molar refractivity (Wildman–Crippen MR) is 98.0 cm³/mol. The number of fused-ring (bicyclic) bond motifs is 1. The summed E-state index contributed by atoms with van der Waals surface area (Å²) in [7, 11) is 0. The van der Waals surface area contributed by atoms with Gasteiger partial charge in [-0.3, -0.25) is 4.40 Å². The van der Waals surface area contributed by atoms with Gasteiger partial charge in [-0.25, -0.2) is 4.98 Å². The molecule has 2 aromatic rings. The van der Waals surface area contributed by atoms with Gasteiger partial charge in [0.15, 0.2) is 0 Å². The standard InChI is InChI=1S/C16H22N4S2/c1-12-4-5-15-19-14(7-9-22-3)16(20(15)11-12)18-13(10-17)6-8-21-2/h4-5,11,13,18H,6-9H2,1-3H3. The number of aromatic nitrogens is 2. The van der Waals surface area contributed by atoms with E-state index in [1.54, 1.807) is 11.8 Å². The molecule has 6 heteroatoms. The third-order valence-corrected chi connectivity index (χ3v) is 4.72. The number of pyridine rings is 1. The molecule has 2 heterocycles. The molecule has 0 saturated carbocycles. The summed E-state index contributed by atoms with van der Waals surface area (Å²) in [6.07, 6.45) is 7.99. The van der Waals surface area contributed by atoms with Gasteiger partial charge in [-0.1, -0.05) is 6.07 Å². The molecule has 1 N–H and O–H groups in total. The first-order valence-corrected chi connectivity index (χ1v) is 10.1. The summed E-state index contributed by atoms with van der Waals surface area (Å²) in [6.45, 7) is 2.07. The van der Waals surface area contributed by atoms with Crippen LogP contribution in [0.1, 0.15) is 17.7 Å². The summed E-state index contributed by atoms with van der Waals surface area (Å²) in [5, 5.41) is 12.8. The fourth-order valence-corrected chi connectivity index (χ4v) is 3.16. The maximum absolute atomic E-state index is 9.39. The van der Waals surface area contributed by atoms with Crippen LogP contribution in [0.4, 0.5) is 5.82 Å². The van der Waals surface area contributed by atoms with Crippen molar-refractivity contribution in [2.75, 3.05) is 29.3 Å². The zero-order valence-corrected chi connectivity index (χ0v) is 14.9. The molecule has 0 aliphatic carbocycles. The van der Waals surface area contributed by atoms with E-state index in [9.17, 15) is 5.26 Å². The molecule has 2 aromatic heterocycles. The van der Waals surface area contributed by atoms with Crippen molar-refractivity contribution in [3.05, 3.63) is 29.6 Å². The van der Waals surface area contributed by atoms with Gasteiger partial charge in [0, 0.05) is 12.6 Å². The van der Waals surface area contributed by atoms with E-state index in [0.717, 1.165) is 41.5 Å². The Labute approximate surface area is 140 Å². The third-order valence-electron chi connectivity index (χ3n) is 3.46. The molecule has 22 heavy (non-hydrogen) atoms. The molecule has 0 saturated heterocycles. The van der Waals surface area contributed by atoms with Crippen LogP contribution in [0, 0.1) is 18.3 Å². The minimum atomic E-state index is -0.180. The third kappa shape index (κ3) is 4.11. The Balaban J connectivity index is 2.34. The molecule has 0 aliphatic heterocycles. The Hall–Kier alpha value is -1.32. The summed E-state index contributed by atoms with van der Waals surface area (Å²) < 4.78 is 2.08. The van der Waals surface area contributed by atoms with E-state index in [1.807, 2.05) is 17.8 Å². The number of imidazole rings is 1. The average Bonchev–Trinajstić information content (AvgIpc) is 2.86. The molecular formula is C16H22N4S2. The smallest absolute Gasteiger partial charge is 0.138 e. The maximum Gasteiger partial charge on any atom is 0.138 e. The van der Waals surface area contributed by atoms with Crippen molar-refractivity contribution in [3.8, 4) is 6.07 Å². The summed E-state index contributed by atoms with van der Waals surface area (Å²) >= 11 is 3.58. The van der Waals surface area contributed by atoms with Crippen LogP contribution in [0.3, 0.4) is 0 Å². The van der Waals surface area contributed by atoms with E-state index in [4.69, 9.17) is 4.98 Å². The number of hydrogen-bond acceptors (Lipinski definition) is 5. The van der Waals surface area contributed by atoms with Gasteiger partial charge in [-0.2, -0.15) is 28.8 Å². The van der Waals surface area contributed by atoms with E-state index in [1.165, 1.54) is 5.56 Å². The van der Waals surface area contributed by atoms with Gasteiger partial charge in [0.25, 0.3) is 0 Å². The molecule has 0 aromatic carbocycles. The second kappa shape index (κ2) is 8.35. The highest BCUT2D eigenvalue weighted by Crippen LogP contribution is 2.22. The number of hydrogen-bond donors (Lipinski definition) is 1. The summed E-state index contributed by atoms with van der Waals surface area (Å²) in [5.41, 5.74) is 3.16. The topological polar surface area (TPSA) is 53.1 Å². The number of nitriles is 1. The van der Waals surface area contributed by atoms with Gasteiger partial charge in [0.2, 0.25) is 0 Å².